The lowest BCUT2D eigenvalue weighted by Crippen LogP contribution is -2.42. The Morgan fingerprint density at radius 3 is 2.21 bits per heavy atom. The second-order valence-corrected chi connectivity index (χ2v) is 7.88. The van der Waals surface area contributed by atoms with Crippen molar-refractivity contribution in [1.82, 2.24) is 10.2 Å². The van der Waals surface area contributed by atoms with Gasteiger partial charge in [-0.15, -0.1) is 0 Å². The molecule has 0 spiro atoms. The third-order valence-corrected chi connectivity index (χ3v) is 3.73. The standard InChI is InChI=1S/C16H32N2O/c1-11(2)10-13-15(19)18(9-8-16(5,6)7)14(17-13)12(3)4/h11-14,17H,8-10H2,1-7H3. The molecule has 1 N–H and O–H groups in total. The molecular formula is C16H32N2O. The van der Waals surface area contributed by atoms with Gasteiger partial charge in [0.05, 0.1) is 12.2 Å². The Kier molecular flexibility index (Phi) is 5.43. The predicted molar refractivity (Wildman–Crippen MR) is 80.8 cm³/mol. The molecule has 0 aromatic carbocycles. The molecule has 1 amide bonds. The van der Waals surface area contributed by atoms with E-state index in [2.05, 4.69) is 58.7 Å². The normalized spacial score (nSPS) is 24.9. The van der Waals surface area contributed by atoms with E-state index < -0.39 is 0 Å². The van der Waals surface area contributed by atoms with Crippen LogP contribution in [0.25, 0.3) is 0 Å². The highest BCUT2D eigenvalue weighted by Gasteiger charge is 2.40. The second kappa shape index (κ2) is 6.25. The molecule has 3 nitrogen and oxygen atoms in total. The molecule has 0 aromatic rings. The topological polar surface area (TPSA) is 32.3 Å². The second-order valence-electron chi connectivity index (χ2n) is 7.88. The number of amides is 1. The highest BCUT2D eigenvalue weighted by atomic mass is 16.2. The van der Waals surface area contributed by atoms with E-state index in [-0.39, 0.29) is 17.6 Å². The molecule has 2 atom stereocenters. The largest absolute Gasteiger partial charge is 0.326 e. The number of hydrogen-bond acceptors (Lipinski definition) is 2. The maximum Gasteiger partial charge on any atom is 0.241 e. The molecule has 0 aliphatic carbocycles. The Labute approximate surface area is 119 Å². The smallest absolute Gasteiger partial charge is 0.241 e. The molecule has 1 fully saturated rings. The lowest BCUT2D eigenvalue weighted by Gasteiger charge is -2.30. The van der Waals surface area contributed by atoms with Gasteiger partial charge in [-0.1, -0.05) is 48.5 Å². The van der Waals surface area contributed by atoms with E-state index in [1.54, 1.807) is 0 Å². The van der Waals surface area contributed by atoms with Gasteiger partial charge in [-0.2, -0.15) is 0 Å². The van der Waals surface area contributed by atoms with E-state index in [9.17, 15) is 4.79 Å². The first-order valence-corrected chi connectivity index (χ1v) is 7.68. The summed E-state index contributed by atoms with van der Waals surface area (Å²) in [4.78, 5) is 14.6. The molecule has 1 aliphatic rings. The third-order valence-electron chi connectivity index (χ3n) is 3.73. The SMILES string of the molecule is CC(C)CC1NC(C(C)C)N(CCC(C)(C)C)C1=O. The van der Waals surface area contributed by atoms with Crippen LogP contribution in [-0.2, 0) is 4.79 Å². The number of nitrogens with one attached hydrogen (secondary N) is 1. The van der Waals surface area contributed by atoms with Crippen LogP contribution in [0.5, 0.6) is 0 Å². The van der Waals surface area contributed by atoms with Crippen molar-refractivity contribution in [2.45, 2.75) is 73.5 Å². The van der Waals surface area contributed by atoms with E-state index in [4.69, 9.17) is 0 Å². The highest BCUT2D eigenvalue weighted by Crippen LogP contribution is 2.25. The van der Waals surface area contributed by atoms with E-state index in [1.165, 1.54) is 0 Å². The molecule has 3 heteroatoms. The number of nitrogens with zero attached hydrogens (tertiary/aromatic N) is 1. The van der Waals surface area contributed by atoms with Crippen LogP contribution in [0.15, 0.2) is 0 Å². The van der Waals surface area contributed by atoms with E-state index >= 15 is 0 Å². The van der Waals surface area contributed by atoms with Gasteiger partial charge < -0.3 is 4.90 Å². The fourth-order valence-corrected chi connectivity index (χ4v) is 2.60. The first kappa shape index (κ1) is 16.5. The van der Waals surface area contributed by atoms with Gasteiger partial charge >= 0.3 is 0 Å². The first-order valence-electron chi connectivity index (χ1n) is 7.68. The van der Waals surface area contributed by atoms with Crippen molar-refractivity contribution >= 4 is 5.91 Å². The summed E-state index contributed by atoms with van der Waals surface area (Å²) in [7, 11) is 0. The summed E-state index contributed by atoms with van der Waals surface area (Å²) in [6.45, 7) is 16.3. The summed E-state index contributed by atoms with van der Waals surface area (Å²) in [5, 5.41) is 3.53. The van der Waals surface area contributed by atoms with Crippen molar-refractivity contribution in [3.63, 3.8) is 0 Å². The summed E-state index contributed by atoms with van der Waals surface area (Å²) in [5.74, 6) is 1.31. The average molecular weight is 268 g/mol. The minimum absolute atomic E-state index is 0.0207. The van der Waals surface area contributed by atoms with Crippen LogP contribution < -0.4 is 5.32 Å². The molecule has 19 heavy (non-hydrogen) atoms. The van der Waals surface area contributed by atoms with E-state index in [0.29, 0.717) is 17.7 Å². The van der Waals surface area contributed by atoms with Gasteiger partial charge in [0.1, 0.15) is 0 Å². The van der Waals surface area contributed by atoms with Crippen LogP contribution in [0.2, 0.25) is 0 Å². The molecule has 1 heterocycles. The Morgan fingerprint density at radius 1 is 1.21 bits per heavy atom. The average Bonchev–Trinajstić information content (AvgIpc) is 2.52. The monoisotopic (exact) mass is 268 g/mol. The first-order chi connectivity index (χ1) is 8.61. The molecule has 0 bridgehead atoms. The van der Waals surface area contributed by atoms with Gasteiger partial charge in [-0.25, -0.2) is 0 Å². The summed E-state index contributed by atoms with van der Waals surface area (Å²) < 4.78 is 0. The predicted octanol–water partition coefficient (Wildman–Crippen LogP) is 3.25. The number of carbonyl (C=O) groups is 1. The molecule has 0 aromatic heterocycles. The van der Waals surface area contributed by atoms with Crippen molar-refractivity contribution in [3.05, 3.63) is 0 Å². The van der Waals surface area contributed by atoms with Gasteiger partial charge in [0.2, 0.25) is 5.91 Å². The van der Waals surface area contributed by atoms with Gasteiger partial charge in [0, 0.05) is 6.54 Å². The van der Waals surface area contributed by atoms with Gasteiger partial charge in [-0.3, -0.25) is 10.1 Å². The zero-order valence-corrected chi connectivity index (χ0v) is 13.8. The van der Waals surface area contributed by atoms with Crippen LogP contribution in [0.4, 0.5) is 0 Å². The minimum Gasteiger partial charge on any atom is -0.326 e. The maximum atomic E-state index is 12.5. The molecular weight excluding hydrogens is 236 g/mol. The van der Waals surface area contributed by atoms with Gasteiger partial charge in [0.25, 0.3) is 0 Å². The lowest BCUT2D eigenvalue weighted by molar-refractivity contribution is -0.131. The fourth-order valence-electron chi connectivity index (χ4n) is 2.60. The Morgan fingerprint density at radius 2 is 1.79 bits per heavy atom. The third kappa shape index (κ3) is 4.79. The van der Waals surface area contributed by atoms with E-state index in [1.807, 2.05) is 0 Å². The minimum atomic E-state index is 0.0207. The van der Waals surface area contributed by atoms with Crippen LogP contribution in [0, 0.1) is 17.3 Å². The number of carbonyl (C=O) groups excluding carboxylic acids is 1. The fraction of sp³-hybridized carbons (Fsp3) is 0.938. The van der Waals surface area contributed by atoms with Crippen LogP contribution in [0.3, 0.4) is 0 Å². The van der Waals surface area contributed by atoms with Gasteiger partial charge in [-0.05, 0) is 30.1 Å². The van der Waals surface area contributed by atoms with Crippen molar-refractivity contribution < 1.29 is 4.79 Å². The lowest BCUT2D eigenvalue weighted by atomic mass is 9.92. The maximum absolute atomic E-state index is 12.5. The van der Waals surface area contributed by atoms with Crippen molar-refractivity contribution in [2.24, 2.45) is 17.3 Å². The molecule has 1 saturated heterocycles. The molecule has 2 unspecified atom stereocenters. The molecule has 1 rings (SSSR count). The zero-order chi connectivity index (χ0) is 14.8. The summed E-state index contributed by atoms with van der Waals surface area (Å²) in [6.07, 6.45) is 2.20. The van der Waals surface area contributed by atoms with Crippen LogP contribution in [-0.4, -0.2) is 29.6 Å². The molecule has 1 aliphatic heterocycles. The Hall–Kier alpha value is -0.570. The van der Waals surface area contributed by atoms with Crippen LogP contribution >= 0.6 is 0 Å². The van der Waals surface area contributed by atoms with Crippen LogP contribution in [0.1, 0.15) is 61.3 Å². The summed E-state index contributed by atoms with van der Waals surface area (Å²) >= 11 is 0. The van der Waals surface area contributed by atoms with E-state index in [0.717, 1.165) is 19.4 Å². The van der Waals surface area contributed by atoms with Crippen molar-refractivity contribution in [2.75, 3.05) is 6.54 Å². The van der Waals surface area contributed by atoms with Crippen molar-refractivity contribution in [3.8, 4) is 0 Å². The number of rotatable bonds is 5. The molecule has 0 saturated carbocycles. The molecule has 112 valence electrons. The summed E-state index contributed by atoms with van der Waals surface area (Å²) in [5.41, 5.74) is 0.276. The Bertz CT molecular complexity index is 304. The zero-order valence-electron chi connectivity index (χ0n) is 13.8. The number of hydrogen-bond donors (Lipinski definition) is 1. The summed E-state index contributed by atoms with van der Waals surface area (Å²) in [6, 6.07) is 0.0207. The quantitative estimate of drug-likeness (QED) is 0.830. The van der Waals surface area contributed by atoms with Crippen molar-refractivity contribution in [1.29, 1.82) is 0 Å². The van der Waals surface area contributed by atoms with Gasteiger partial charge in [0.15, 0.2) is 0 Å². The molecule has 0 radical (unpaired) electrons. The Balaban J connectivity index is 2.72. The highest BCUT2D eigenvalue weighted by molar-refractivity contribution is 5.84.